The summed E-state index contributed by atoms with van der Waals surface area (Å²) in [6.45, 7) is 0.984. The minimum absolute atomic E-state index is 0.0417. The van der Waals surface area contributed by atoms with Crippen molar-refractivity contribution < 1.29 is 34.1 Å². The SMILES string of the molecule is CC(O)C(NC(=O)NCc1nnc(C(N)CC(=O)O)o1)C(=O)O. The molecule has 12 nitrogen and oxygen atoms in total. The molecule has 3 unspecified atom stereocenters. The standard InChI is InChI=1S/C11H17N5O7/c1-4(17)8(10(20)21)14-11(22)13-3-6-15-16-9(23-6)5(12)2-7(18)19/h4-5,8,17H,2-3,12H2,1H3,(H,18,19)(H,20,21)(H2,13,14,22). The predicted molar refractivity (Wildman–Crippen MR) is 72.0 cm³/mol. The number of rotatable bonds is 8. The van der Waals surface area contributed by atoms with Gasteiger partial charge in [-0.05, 0) is 6.92 Å². The van der Waals surface area contributed by atoms with Gasteiger partial charge in [0, 0.05) is 0 Å². The van der Waals surface area contributed by atoms with E-state index in [1.54, 1.807) is 0 Å². The zero-order valence-corrected chi connectivity index (χ0v) is 12.1. The number of carbonyl (C=O) groups excluding carboxylic acids is 1. The van der Waals surface area contributed by atoms with Crippen molar-refractivity contribution in [3.8, 4) is 0 Å². The summed E-state index contributed by atoms with van der Waals surface area (Å²) in [5.41, 5.74) is 5.53. The van der Waals surface area contributed by atoms with E-state index in [0.29, 0.717) is 0 Å². The fraction of sp³-hybridized carbons (Fsp3) is 0.545. The third-order valence-electron chi connectivity index (χ3n) is 2.63. The van der Waals surface area contributed by atoms with Gasteiger partial charge in [-0.15, -0.1) is 10.2 Å². The van der Waals surface area contributed by atoms with E-state index in [4.69, 9.17) is 20.4 Å². The first-order chi connectivity index (χ1) is 10.7. The van der Waals surface area contributed by atoms with Gasteiger partial charge in [0.25, 0.3) is 0 Å². The number of aliphatic hydroxyl groups is 1. The summed E-state index contributed by atoms with van der Waals surface area (Å²) in [7, 11) is 0. The Labute approximate surface area is 129 Å². The number of carboxylic acids is 2. The van der Waals surface area contributed by atoms with E-state index in [1.165, 1.54) is 6.92 Å². The topological polar surface area (TPSA) is 201 Å². The third kappa shape index (κ3) is 5.88. The van der Waals surface area contributed by atoms with Crippen LogP contribution >= 0.6 is 0 Å². The molecule has 0 aliphatic rings. The number of aromatic nitrogens is 2. The molecule has 128 valence electrons. The van der Waals surface area contributed by atoms with E-state index in [-0.39, 0.29) is 18.3 Å². The van der Waals surface area contributed by atoms with Crippen molar-refractivity contribution in [1.29, 1.82) is 0 Å². The molecule has 1 aromatic heterocycles. The van der Waals surface area contributed by atoms with Crippen LogP contribution in [0.5, 0.6) is 0 Å². The highest BCUT2D eigenvalue weighted by Gasteiger charge is 2.25. The van der Waals surface area contributed by atoms with Crippen molar-refractivity contribution in [3.05, 3.63) is 11.8 Å². The quantitative estimate of drug-likeness (QED) is 0.315. The lowest BCUT2D eigenvalue weighted by Gasteiger charge is -2.16. The van der Waals surface area contributed by atoms with Crippen LogP contribution in [0, 0.1) is 0 Å². The number of nitrogens with two attached hydrogens (primary N) is 1. The van der Waals surface area contributed by atoms with Crippen LogP contribution in [-0.2, 0) is 16.1 Å². The van der Waals surface area contributed by atoms with Gasteiger partial charge < -0.3 is 36.1 Å². The van der Waals surface area contributed by atoms with Crippen LogP contribution in [0.25, 0.3) is 0 Å². The number of hydrogen-bond donors (Lipinski definition) is 6. The summed E-state index contributed by atoms with van der Waals surface area (Å²) in [5, 5.41) is 38.1. The molecule has 7 N–H and O–H groups in total. The van der Waals surface area contributed by atoms with E-state index >= 15 is 0 Å². The third-order valence-corrected chi connectivity index (χ3v) is 2.63. The van der Waals surface area contributed by atoms with Crippen LogP contribution < -0.4 is 16.4 Å². The van der Waals surface area contributed by atoms with Crippen molar-refractivity contribution in [1.82, 2.24) is 20.8 Å². The molecule has 0 bridgehead atoms. The van der Waals surface area contributed by atoms with E-state index < -0.39 is 42.6 Å². The number of aliphatic carboxylic acids is 2. The second-order valence-corrected chi connectivity index (χ2v) is 4.62. The lowest BCUT2D eigenvalue weighted by atomic mass is 10.2. The van der Waals surface area contributed by atoms with Gasteiger partial charge in [-0.3, -0.25) is 4.79 Å². The normalized spacial score (nSPS) is 14.6. The Hall–Kier alpha value is -2.73. The largest absolute Gasteiger partial charge is 0.481 e. The van der Waals surface area contributed by atoms with Gasteiger partial charge in [-0.2, -0.15) is 0 Å². The second-order valence-electron chi connectivity index (χ2n) is 4.62. The summed E-state index contributed by atoms with van der Waals surface area (Å²) in [5.74, 6) is -2.67. The Balaban J connectivity index is 2.52. The summed E-state index contributed by atoms with van der Waals surface area (Å²) >= 11 is 0. The molecule has 0 aliphatic heterocycles. The highest BCUT2D eigenvalue weighted by Crippen LogP contribution is 2.12. The van der Waals surface area contributed by atoms with Crippen LogP contribution in [0.15, 0.2) is 4.42 Å². The van der Waals surface area contributed by atoms with E-state index in [2.05, 4.69) is 15.5 Å². The lowest BCUT2D eigenvalue weighted by Crippen LogP contribution is -2.51. The number of hydrogen-bond acceptors (Lipinski definition) is 8. The van der Waals surface area contributed by atoms with Gasteiger partial charge in [0.1, 0.15) is 0 Å². The minimum Gasteiger partial charge on any atom is -0.481 e. The second kappa shape index (κ2) is 8.05. The molecule has 1 heterocycles. The number of urea groups is 1. The Morgan fingerprint density at radius 2 is 1.96 bits per heavy atom. The van der Waals surface area contributed by atoms with E-state index in [0.717, 1.165) is 0 Å². The Bertz CT molecular complexity index is 573. The summed E-state index contributed by atoms with van der Waals surface area (Å²) in [4.78, 5) is 32.9. The lowest BCUT2D eigenvalue weighted by molar-refractivity contribution is -0.142. The van der Waals surface area contributed by atoms with Crippen LogP contribution in [0.4, 0.5) is 4.79 Å². The summed E-state index contributed by atoms with van der Waals surface area (Å²) < 4.78 is 5.08. The number of amides is 2. The van der Waals surface area contributed by atoms with Crippen molar-refractivity contribution in [2.24, 2.45) is 5.73 Å². The van der Waals surface area contributed by atoms with Crippen molar-refractivity contribution >= 4 is 18.0 Å². The predicted octanol–water partition coefficient (Wildman–Crippen LogP) is -1.82. The fourth-order valence-electron chi connectivity index (χ4n) is 1.50. The van der Waals surface area contributed by atoms with Gasteiger partial charge in [-0.25, -0.2) is 9.59 Å². The zero-order valence-electron chi connectivity index (χ0n) is 12.1. The maximum absolute atomic E-state index is 11.5. The number of aliphatic hydroxyl groups excluding tert-OH is 1. The number of carbonyl (C=O) groups is 3. The molecule has 3 atom stereocenters. The first-order valence-electron chi connectivity index (χ1n) is 6.45. The van der Waals surface area contributed by atoms with Gasteiger partial charge >= 0.3 is 18.0 Å². The van der Waals surface area contributed by atoms with Crippen molar-refractivity contribution in [3.63, 3.8) is 0 Å². The minimum atomic E-state index is -1.47. The molecule has 1 aromatic rings. The smallest absolute Gasteiger partial charge is 0.328 e. The van der Waals surface area contributed by atoms with Gasteiger partial charge in [0.2, 0.25) is 11.8 Å². The van der Waals surface area contributed by atoms with Gasteiger partial charge in [0.05, 0.1) is 25.1 Å². The molecule has 0 aliphatic carbocycles. The molecule has 0 radical (unpaired) electrons. The van der Waals surface area contributed by atoms with Crippen LogP contribution in [0.1, 0.15) is 31.2 Å². The maximum atomic E-state index is 11.5. The molecular weight excluding hydrogens is 314 g/mol. The number of nitrogens with zero attached hydrogens (tertiary/aromatic N) is 2. The fourth-order valence-corrected chi connectivity index (χ4v) is 1.50. The summed E-state index contributed by atoms with van der Waals surface area (Å²) in [6.07, 6.45) is -1.69. The molecule has 0 fully saturated rings. The molecule has 0 aromatic carbocycles. The summed E-state index contributed by atoms with van der Waals surface area (Å²) in [6, 6.07) is -3.32. The van der Waals surface area contributed by atoms with Gasteiger partial charge in [0.15, 0.2) is 6.04 Å². The van der Waals surface area contributed by atoms with Crippen molar-refractivity contribution in [2.45, 2.75) is 38.1 Å². The highest BCUT2D eigenvalue weighted by molar-refractivity contribution is 5.82. The van der Waals surface area contributed by atoms with Crippen LogP contribution in [0.3, 0.4) is 0 Å². The van der Waals surface area contributed by atoms with Crippen molar-refractivity contribution in [2.75, 3.05) is 0 Å². The zero-order chi connectivity index (χ0) is 17.6. The Morgan fingerprint density at radius 3 is 2.48 bits per heavy atom. The number of carboxylic acid groups (broad SMARTS) is 2. The first kappa shape index (κ1) is 18.3. The number of nitrogens with one attached hydrogen (secondary N) is 2. The first-order valence-corrected chi connectivity index (χ1v) is 6.45. The highest BCUT2D eigenvalue weighted by atomic mass is 16.4. The molecule has 1 rings (SSSR count). The van der Waals surface area contributed by atoms with Crippen LogP contribution in [-0.4, -0.2) is 55.6 Å². The Kier molecular flexibility index (Phi) is 6.41. The van der Waals surface area contributed by atoms with Gasteiger partial charge in [-0.1, -0.05) is 0 Å². The molecular formula is C11H17N5O7. The molecule has 0 spiro atoms. The molecule has 0 saturated heterocycles. The van der Waals surface area contributed by atoms with Crippen LogP contribution in [0.2, 0.25) is 0 Å². The monoisotopic (exact) mass is 331 g/mol. The average molecular weight is 331 g/mol. The molecule has 0 saturated carbocycles. The average Bonchev–Trinajstić information content (AvgIpc) is 2.90. The van der Waals surface area contributed by atoms with E-state index in [1.807, 2.05) is 5.32 Å². The molecule has 12 heteroatoms. The van der Waals surface area contributed by atoms with E-state index in [9.17, 15) is 19.5 Å². The molecule has 2 amide bonds. The molecule has 23 heavy (non-hydrogen) atoms. The maximum Gasteiger partial charge on any atom is 0.328 e. The Morgan fingerprint density at radius 1 is 1.30 bits per heavy atom.